The van der Waals surface area contributed by atoms with Gasteiger partial charge in [-0.15, -0.1) is 0 Å². The van der Waals surface area contributed by atoms with Crippen molar-refractivity contribution in [2.75, 3.05) is 0 Å². The van der Waals surface area contributed by atoms with E-state index in [4.69, 9.17) is 4.42 Å². The molecule has 0 atom stereocenters. The van der Waals surface area contributed by atoms with Gasteiger partial charge in [0.15, 0.2) is 0 Å². The Morgan fingerprint density at radius 1 is 1.22 bits per heavy atom. The number of benzene rings is 1. The Morgan fingerprint density at radius 2 is 2.17 bits per heavy atom. The molecule has 0 aliphatic carbocycles. The maximum atomic E-state index is 5.32. The number of aromatic nitrogens is 2. The zero-order chi connectivity index (χ0) is 12.4. The van der Waals surface area contributed by atoms with E-state index in [1.165, 1.54) is 0 Å². The van der Waals surface area contributed by atoms with E-state index in [0.717, 1.165) is 31.9 Å². The summed E-state index contributed by atoms with van der Waals surface area (Å²) in [7, 11) is 0. The Bertz CT molecular complexity index is 670. The van der Waals surface area contributed by atoms with E-state index >= 15 is 0 Å². The number of thioether (sulfide) groups is 1. The first kappa shape index (κ1) is 11.7. The highest BCUT2D eigenvalue weighted by molar-refractivity contribution is 9.10. The summed E-state index contributed by atoms with van der Waals surface area (Å²) in [5.74, 6) is 1.72. The number of halogens is 1. The molecular formula is C13H9BrN2OS. The van der Waals surface area contributed by atoms with Crippen LogP contribution in [0.4, 0.5) is 0 Å². The molecule has 1 aromatic carbocycles. The molecule has 90 valence electrons. The van der Waals surface area contributed by atoms with Gasteiger partial charge in [0.25, 0.3) is 0 Å². The van der Waals surface area contributed by atoms with Crippen molar-refractivity contribution in [2.24, 2.45) is 0 Å². The number of furan rings is 1. The fourth-order valence-electron chi connectivity index (χ4n) is 1.65. The highest BCUT2D eigenvalue weighted by Gasteiger charge is 2.06. The number of rotatable bonds is 3. The van der Waals surface area contributed by atoms with Crippen molar-refractivity contribution in [3.8, 4) is 0 Å². The molecule has 0 radical (unpaired) electrons. The quantitative estimate of drug-likeness (QED) is 0.533. The molecule has 0 fully saturated rings. The molecule has 0 aliphatic heterocycles. The van der Waals surface area contributed by atoms with E-state index in [-0.39, 0.29) is 0 Å². The standard InChI is InChI=1S/C13H9BrN2OS/c14-9-3-4-12-11(6-9)13(16-8-15-12)18-7-10-2-1-5-17-10/h1-6,8H,7H2. The Hall–Kier alpha value is -1.33. The van der Waals surface area contributed by atoms with Gasteiger partial charge in [0.05, 0.1) is 17.5 Å². The van der Waals surface area contributed by atoms with Crippen LogP contribution in [0, 0.1) is 0 Å². The number of nitrogens with zero attached hydrogens (tertiary/aromatic N) is 2. The zero-order valence-corrected chi connectivity index (χ0v) is 11.7. The van der Waals surface area contributed by atoms with Gasteiger partial charge in [-0.3, -0.25) is 0 Å². The van der Waals surface area contributed by atoms with Crippen molar-refractivity contribution in [1.29, 1.82) is 0 Å². The average molecular weight is 321 g/mol. The minimum atomic E-state index is 0.769. The lowest BCUT2D eigenvalue weighted by atomic mass is 10.2. The van der Waals surface area contributed by atoms with Crippen molar-refractivity contribution in [3.63, 3.8) is 0 Å². The second kappa shape index (κ2) is 5.12. The second-order valence-corrected chi connectivity index (χ2v) is 5.59. The third kappa shape index (κ3) is 2.42. The monoisotopic (exact) mass is 320 g/mol. The van der Waals surface area contributed by atoms with Gasteiger partial charge in [0, 0.05) is 9.86 Å². The molecule has 0 saturated heterocycles. The topological polar surface area (TPSA) is 38.9 Å². The largest absolute Gasteiger partial charge is 0.468 e. The van der Waals surface area contributed by atoms with Crippen molar-refractivity contribution >= 4 is 38.6 Å². The highest BCUT2D eigenvalue weighted by Crippen LogP contribution is 2.29. The van der Waals surface area contributed by atoms with Gasteiger partial charge < -0.3 is 4.42 Å². The molecule has 2 aromatic heterocycles. The lowest BCUT2D eigenvalue weighted by molar-refractivity contribution is 0.530. The Balaban J connectivity index is 1.93. The molecule has 0 saturated carbocycles. The summed E-state index contributed by atoms with van der Waals surface area (Å²) in [6.07, 6.45) is 3.28. The van der Waals surface area contributed by atoms with Crippen LogP contribution in [0.25, 0.3) is 10.9 Å². The van der Waals surface area contributed by atoms with Gasteiger partial charge >= 0.3 is 0 Å². The molecule has 0 unspecified atom stereocenters. The van der Waals surface area contributed by atoms with Crippen molar-refractivity contribution in [1.82, 2.24) is 9.97 Å². The van der Waals surface area contributed by atoms with Crippen molar-refractivity contribution in [2.45, 2.75) is 10.8 Å². The molecule has 18 heavy (non-hydrogen) atoms. The van der Waals surface area contributed by atoms with Gasteiger partial charge in [-0.25, -0.2) is 9.97 Å². The first-order valence-corrected chi connectivity index (χ1v) is 7.16. The summed E-state index contributed by atoms with van der Waals surface area (Å²) in [6, 6.07) is 9.87. The Morgan fingerprint density at radius 3 is 3.00 bits per heavy atom. The van der Waals surface area contributed by atoms with Gasteiger partial charge in [0.2, 0.25) is 0 Å². The molecule has 3 rings (SSSR count). The average Bonchev–Trinajstić information content (AvgIpc) is 2.89. The van der Waals surface area contributed by atoms with Crippen LogP contribution in [0.1, 0.15) is 5.76 Å². The van der Waals surface area contributed by atoms with Crippen LogP contribution in [-0.2, 0) is 5.75 Å². The van der Waals surface area contributed by atoms with E-state index in [2.05, 4.69) is 25.9 Å². The summed E-state index contributed by atoms with van der Waals surface area (Å²) < 4.78 is 6.35. The Labute approximate surface area is 117 Å². The van der Waals surface area contributed by atoms with E-state index in [1.807, 2.05) is 30.3 Å². The molecule has 0 N–H and O–H groups in total. The third-order valence-electron chi connectivity index (χ3n) is 2.49. The van der Waals surface area contributed by atoms with E-state index in [0.29, 0.717) is 0 Å². The third-order valence-corrected chi connectivity index (χ3v) is 4.01. The predicted molar refractivity (Wildman–Crippen MR) is 75.5 cm³/mol. The predicted octanol–water partition coefficient (Wildman–Crippen LogP) is 4.28. The molecule has 5 heteroatoms. The maximum Gasteiger partial charge on any atom is 0.117 e. The molecule has 0 amide bonds. The lowest BCUT2D eigenvalue weighted by Crippen LogP contribution is -1.87. The molecule has 3 nitrogen and oxygen atoms in total. The van der Waals surface area contributed by atoms with Crippen LogP contribution < -0.4 is 0 Å². The van der Waals surface area contributed by atoms with Gasteiger partial charge in [-0.2, -0.15) is 0 Å². The van der Waals surface area contributed by atoms with Crippen LogP contribution >= 0.6 is 27.7 Å². The summed E-state index contributed by atoms with van der Waals surface area (Å²) in [6.45, 7) is 0. The lowest BCUT2D eigenvalue weighted by Gasteiger charge is -2.04. The van der Waals surface area contributed by atoms with Crippen LogP contribution in [0.5, 0.6) is 0 Å². The summed E-state index contributed by atoms with van der Waals surface area (Å²) >= 11 is 5.12. The van der Waals surface area contributed by atoms with Crippen LogP contribution in [0.15, 0.2) is 56.8 Å². The molecule has 2 heterocycles. The second-order valence-electron chi connectivity index (χ2n) is 3.71. The fraction of sp³-hybridized carbons (Fsp3) is 0.0769. The van der Waals surface area contributed by atoms with Crippen LogP contribution in [-0.4, -0.2) is 9.97 Å². The Kier molecular flexibility index (Phi) is 3.34. The van der Waals surface area contributed by atoms with Crippen LogP contribution in [0.2, 0.25) is 0 Å². The SMILES string of the molecule is Brc1ccc2ncnc(SCc3ccco3)c2c1. The molecule has 0 bridgehead atoms. The van der Waals surface area contributed by atoms with Crippen molar-refractivity contribution in [3.05, 3.63) is 53.2 Å². The smallest absolute Gasteiger partial charge is 0.117 e. The van der Waals surface area contributed by atoms with Gasteiger partial charge in [-0.05, 0) is 30.3 Å². The summed E-state index contributed by atoms with van der Waals surface area (Å²) in [5.41, 5.74) is 0.954. The van der Waals surface area contributed by atoms with E-state index in [9.17, 15) is 0 Å². The molecule has 0 spiro atoms. The first-order chi connectivity index (χ1) is 8.83. The van der Waals surface area contributed by atoms with Crippen LogP contribution in [0.3, 0.4) is 0 Å². The minimum absolute atomic E-state index is 0.769. The fourth-order valence-corrected chi connectivity index (χ4v) is 2.90. The number of hydrogen-bond donors (Lipinski definition) is 0. The molecule has 3 aromatic rings. The highest BCUT2D eigenvalue weighted by atomic mass is 79.9. The number of fused-ring (bicyclic) bond motifs is 1. The van der Waals surface area contributed by atoms with Crippen molar-refractivity contribution < 1.29 is 4.42 Å². The van der Waals surface area contributed by atoms with E-state index in [1.54, 1.807) is 24.4 Å². The van der Waals surface area contributed by atoms with Gasteiger partial charge in [-0.1, -0.05) is 27.7 Å². The maximum absolute atomic E-state index is 5.32. The zero-order valence-electron chi connectivity index (χ0n) is 9.34. The molecule has 0 aliphatic rings. The van der Waals surface area contributed by atoms with Gasteiger partial charge in [0.1, 0.15) is 17.1 Å². The summed E-state index contributed by atoms with van der Waals surface area (Å²) in [5, 5.41) is 2.03. The molecular weight excluding hydrogens is 312 g/mol. The minimum Gasteiger partial charge on any atom is -0.468 e. The number of hydrogen-bond acceptors (Lipinski definition) is 4. The first-order valence-electron chi connectivity index (χ1n) is 5.38. The summed E-state index contributed by atoms with van der Waals surface area (Å²) in [4.78, 5) is 8.60. The van der Waals surface area contributed by atoms with E-state index < -0.39 is 0 Å². The normalized spacial score (nSPS) is 10.9.